The molecule has 0 aliphatic heterocycles. The van der Waals surface area contributed by atoms with Gasteiger partial charge in [-0.3, -0.25) is 4.90 Å². The first-order valence-corrected chi connectivity index (χ1v) is 4.73. The molecule has 3 heteroatoms. The minimum absolute atomic E-state index is 0.620. The average molecular weight is 209 g/mol. The zero-order chi connectivity index (χ0) is 10.8. The summed E-state index contributed by atoms with van der Waals surface area (Å²) in [5, 5.41) is 9.82. The Labute approximate surface area is 89.7 Å². The van der Waals surface area contributed by atoms with Gasteiger partial charge in [0.25, 0.3) is 0 Å². The summed E-state index contributed by atoms with van der Waals surface area (Å²) in [6, 6.07) is 9.69. The third-order valence-electron chi connectivity index (χ3n) is 2.50. The molecule has 0 saturated carbocycles. The number of nitriles is 1. The lowest BCUT2D eigenvalue weighted by Crippen LogP contribution is -2.36. The Balaban J connectivity index is 3.21. The van der Waals surface area contributed by atoms with Crippen molar-refractivity contribution in [2.24, 2.45) is 0 Å². The molecule has 74 valence electrons. The zero-order valence-electron chi connectivity index (χ0n) is 8.58. The van der Waals surface area contributed by atoms with Crippen molar-refractivity contribution in [2.75, 3.05) is 14.1 Å². The maximum absolute atomic E-state index is 9.17. The largest absolute Gasteiger partial charge is 0.288 e. The van der Waals surface area contributed by atoms with Gasteiger partial charge in [0.2, 0.25) is 0 Å². The van der Waals surface area contributed by atoms with Gasteiger partial charge in [-0.05, 0) is 38.7 Å². The van der Waals surface area contributed by atoms with Crippen molar-refractivity contribution < 1.29 is 0 Å². The van der Waals surface area contributed by atoms with Gasteiger partial charge in [0.05, 0.1) is 6.07 Å². The van der Waals surface area contributed by atoms with E-state index in [-0.39, 0.29) is 0 Å². The van der Waals surface area contributed by atoms with E-state index in [9.17, 15) is 0 Å². The Kier molecular flexibility index (Phi) is 3.15. The van der Waals surface area contributed by atoms with Crippen molar-refractivity contribution in [1.82, 2.24) is 4.90 Å². The molecule has 1 atom stereocenters. The van der Waals surface area contributed by atoms with E-state index in [1.165, 1.54) is 0 Å². The normalized spacial score (nSPS) is 14.9. The van der Waals surface area contributed by atoms with E-state index in [4.69, 9.17) is 16.9 Å². The van der Waals surface area contributed by atoms with Gasteiger partial charge in [0.1, 0.15) is 5.54 Å². The first-order chi connectivity index (χ1) is 6.50. The Hall–Kier alpha value is -1.04. The average Bonchev–Trinajstić information content (AvgIpc) is 2.16. The van der Waals surface area contributed by atoms with Gasteiger partial charge >= 0.3 is 0 Å². The smallest absolute Gasteiger partial charge is 0.131 e. The summed E-state index contributed by atoms with van der Waals surface area (Å²) >= 11 is 5.88. The lowest BCUT2D eigenvalue weighted by Gasteiger charge is -2.29. The third kappa shape index (κ3) is 1.89. The van der Waals surface area contributed by atoms with E-state index in [1.54, 1.807) is 6.07 Å². The van der Waals surface area contributed by atoms with Crippen LogP contribution >= 0.6 is 11.6 Å². The topological polar surface area (TPSA) is 27.0 Å². The molecule has 0 spiro atoms. The van der Waals surface area contributed by atoms with E-state index in [0.717, 1.165) is 5.56 Å². The first-order valence-electron chi connectivity index (χ1n) is 4.35. The standard InChI is InChI=1S/C11H13ClN2/c1-11(8-13,14(2)3)9-5-4-6-10(12)7-9/h4-7H,1-3H3. The minimum atomic E-state index is -0.620. The maximum Gasteiger partial charge on any atom is 0.131 e. The van der Waals surface area contributed by atoms with Crippen LogP contribution < -0.4 is 0 Å². The number of benzene rings is 1. The van der Waals surface area contributed by atoms with Crippen molar-refractivity contribution in [3.63, 3.8) is 0 Å². The molecule has 0 aromatic heterocycles. The number of hydrogen-bond acceptors (Lipinski definition) is 2. The van der Waals surface area contributed by atoms with Crippen LogP contribution in [0.25, 0.3) is 0 Å². The van der Waals surface area contributed by atoms with Crippen LogP contribution in [-0.2, 0) is 5.54 Å². The van der Waals surface area contributed by atoms with Gasteiger partial charge < -0.3 is 0 Å². The highest BCUT2D eigenvalue weighted by molar-refractivity contribution is 6.30. The van der Waals surface area contributed by atoms with Crippen LogP contribution in [0.15, 0.2) is 24.3 Å². The summed E-state index contributed by atoms with van der Waals surface area (Å²) < 4.78 is 0. The van der Waals surface area contributed by atoms with Crippen LogP contribution in [0.4, 0.5) is 0 Å². The molecular formula is C11H13ClN2. The predicted octanol–water partition coefficient (Wildman–Crippen LogP) is 2.64. The predicted molar refractivity (Wildman–Crippen MR) is 58.1 cm³/mol. The third-order valence-corrected chi connectivity index (χ3v) is 2.73. The van der Waals surface area contributed by atoms with E-state index < -0.39 is 5.54 Å². The fraction of sp³-hybridized carbons (Fsp3) is 0.364. The SMILES string of the molecule is CN(C)C(C)(C#N)c1cccc(Cl)c1. The molecule has 0 amide bonds. The summed E-state index contributed by atoms with van der Waals surface area (Å²) in [4.78, 5) is 1.87. The molecule has 1 aromatic carbocycles. The van der Waals surface area contributed by atoms with Crippen LogP contribution in [0.1, 0.15) is 12.5 Å². The molecule has 0 radical (unpaired) electrons. The monoisotopic (exact) mass is 208 g/mol. The van der Waals surface area contributed by atoms with Crippen LogP contribution in [0.3, 0.4) is 0 Å². The molecule has 0 aliphatic rings. The van der Waals surface area contributed by atoms with Crippen molar-refractivity contribution in [3.8, 4) is 6.07 Å². The van der Waals surface area contributed by atoms with Gasteiger partial charge in [0, 0.05) is 5.02 Å². The lowest BCUT2D eigenvalue weighted by atomic mass is 9.92. The van der Waals surface area contributed by atoms with E-state index in [1.807, 2.05) is 44.1 Å². The van der Waals surface area contributed by atoms with Crippen LogP contribution in [0, 0.1) is 11.3 Å². The van der Waals surface area contributed by atoms with E-state index >= 15 is 0 Å². The van der Waals surface area contributed by atoms with Crippen molar-refractivity contribution in [3.05, 3.63) is 34.9 Å². The summed E-state index contributed by atoms with van der Waals surface area (Å²) in [7, 11) is 3.76. The second-order valence-corrected chi connectivity index (χ2v) is 4.03. The Morgan fingerprint density at radius 1 is 1.43 bits per heavy atom. The number of rotatable bonds is 2. The second-order valence-electron chi connectivity index (χ2n) is 3.59. The molecule has 0 saturated heterocycles. The molecule has 0 fully saturated rings. The molecule has 0 bridgehead atoms. The Morgan fingerprint density at radius 3 is 2.50 bits per heavy atom. The highest BCUT2D eigenvalue weighted by Crippen LogP contribution is 2.26. The molecule has 14 heavy (non-hydrogen) atoms. The molecule has 0 N–H and O–H groups in total. The summed E-state index contributed by atoms with van der Waals surface area (Å²) in [6.07, 6.45) is 0. The summed E-state index contributed by atoms with van der Waals surface area (Å²) in [6.45, 7) is 1.87. The Morgan fingerprint density at radius 2 is 2.07 bits per heavy atom. The summed E-state index contributed by atoms with van der Waals surface area (Å²) in [5.41, 5.74) is 0.294. The van der Waals surface area contributed by atoms with Gasteiger partial charge in [-0.2, -0.15) is 5.26 Å². The Bertz CT molecular complexity index is 368. The molecule has 1 unspecified atom stereocenters. The number of nitrogens with zero attached hydrogens (tertiary/aromatic N) is 2. The molecular weight excluding hydrogens is 196 g/mol. The highest BCUT2D eigenvalue weighted by Gasteiger charge is 2.28. The molecule has 2 nitrogen and oxygen atoms in total. The fourth-order valence-corrected chi connectivity index (χ4v) is 1.40. The zero-order valence-corrected chi connectivity index (χ0v) is 9.34. The molecule has 1 rings (SSSR count). The van der Waals surface area contributed by atoms with Crippen molar-refractivity contribution >= 4 is 11.6 Å². The minimum Gasteiger partial charge on any atom is -0.288 e. The highest BCUT2D eigenvalue weighted by atomic mass is 35.5. The molecule has 0 aliphatic carbocycles. The second kappa shape index (κ2) is 4.00. The molecule has 1 aromatic rings. The van der Waals surface area contributed by atoms with Gasteiger partial charge in [-0.25, -0.2) is 0 Å². The number of halogens is 1. The van der Waals surface area contributed by atoms with Gasteiger partial charge in [0.15, 0.2) is 0 Å². The quantitative estimate of drug-likeness (QED) is 0.747. The van der Waals surface area contributed by atoms with Crippen molar-refractivity contribution in [2.45, 2.75) is 12.5 Å². The van der Waals surface area contributed by atoms with Crippen LogP contribution in [0.5, 0.6) is 0 Å². The summed E-state index contributed by atoms with van der Waals surface area (Å²) in [5.74, 6) is 0. The lowest BCUT2D eigenvalue weighted by molar-refractivity contribution is 0.241. The van der Waals surface area contributed by atoms with Crippen LogP contribution in [0.2, 0.25) is 5.02 Å². The van der Waals surface area contributed by atoms with E-state index in [0.29, 0.717) is 5.02 Å². The number of hydrogen-bond donors (Lipinski definition) is 0. The maximum atomic E-state index is 9.17. The fourth-order valence-electron chi connectivity index (χ4n) is 1.21. The van der Waals surface area contributed by atoms with Crippen molar-refractivity contribution in [1.29, 1.82) is 5.26 Å². The van der Waals surface area contributed by atoms with Gasteiger partial charge in [-0.15, -0.1) is 0 Å². The molecule has 0 heterocycles. The van der Waals surface area contributed by atoms with E-state index in [2.05, 4.69) is 6.07 Å². The van der Waals surface area contributed by atoms with Gasteiger partial charge in [-0.1, -0.05) is 23.7 Å². The van der Waals surface area contributed by atoms with Crippen LogP contribution in [-0.4, -0.2) is 19.0 Å². The first kappa shape index (κ1) is 11.0.